The maximum Gasteiger partial charge on any atom is 0.209 e. The minimum Gasteiger partial charge on any atom is -0.381 e. The Morgan fingerprint density at radius 2 is 1.84 bits per heavy atom. The highest BCUT2D eigenvalue weighted by molar-refractivity contribution is 7.89. The van der Waals surface area contributed by atoms with E-state index in [4.69, 9.17) is 9.88 Å². The zero-order valence-electron chi connectivity index (χ0n) is 11.6. The van der Waals surface area contributed by atoms with Crippen molar-refractivity contribution in [1.29, 1.82) is 0 Å². The standard InChI is InChI=1S/C14H23NO3S/c1-12(2)8-9-18-10-14(11-19(15,16)17)13-6-4-3-5-7-13/h3-7,12,14H,8-11H2,1-2H3,(H2,15,16,17). The first-order valence-electron chi connectivity index (χ1n) is 6.51. The van der Waals surface area contributed by atoms with Crippen molar-refractivity contribution in [3.05, 3.63) is 35.9 Å². The van der Waals surface area contributed by atoms with E-state index in [1.165, 1.54) is 0 Å². The molecule has 0 aliphatic heterocycles. The summed E-state index contributed by atoms with van der Waals surface area (Å²) in [6.45, 7) is 5.28. The molecular weight excluding hydrogens is 262 g/mol. The molecule has 0 amide bonds. The smallest absolute Gasteiger partial charge is 0.209 e. The maximum atomic E-state index is 11.3. The number of primary sulfonamides is 1. The van der Waals surface area contributed by atoms with Gasteiger partial charge < -0.3 is 4.74 Å². The van der Waals surface area contributed by atoms with E-state index >= 15 is 0 Å². The third-order valence-corrected chi connectivity index (χ3v) is 3.73. The van der Waals surface area contributed by atoms with Crippen LogP contribution in [0.4, 0.5) is 0 Å². The topological polar surface area (TPSA) is 69.4 Å². The van der Waals surface area contributed by atoms with Crippen LogP contribution in [0, 0.1) is 5.92 Å². The molecule has 108 valence electrons. The quantitative estimate of drug-likeness (QED) is 0.744. The molecule has 0 saturated heterocycles. The van der Waals surface area contributed by atoms with Crippen LogP contribution in [0.5, 0.6) is 0 Å². The van der Waals surface area contributed by atoms with Crippen molar-refractivity contribution in [2.45, 2.75) is 26.2 Å². The van der Waals surface area contributed by atoms with Crippen molar-refractivity contribution >= 4 is 10.0 Å². The Kier molecular flexibility index (Phi) is 6.48. The molecule has 1 rings (SSSR count). The van der Waals surface area contributed by atoms with Crippen LogP contribution >= 0.6 is 0 Å². The molecule has 0 radical (unpaired) electrons. The Hall–Kier alpha value is -0.910. The molecule has 0 aliphatic rings. The molecule has 0 saturated carbocycles. The van der Waals surface area contributed by atoms with Crippen LogP contribution in [0.3, 0.4) is 0 Å². The van der Waals surface area contributed by atoms with Crippen molar-refractivity contribution in [3.63, 3.8) is 0 Å². The van der Waals surface area contributed by atoms with Crippen LogP contribution in [0.2, 0.25) is 0 Å². The van der Waals surface area contributed by atoms with Crippen LogP contribution in [0.25, 0.3) is 0 Å². The Bertz CT molecular complexity index is 457. The molecule has 0 spiro atoms. The summed E-state index contributed by atoms with van der Waals surface area (Å²) in [7, 11) is -3.50. The number of nitrogens with two attached hydrogens (primary N) is 1. The van der Waals surface area contributed by atoms with Crippen LogP contribution in [-0.4, -0.2) is 27.4 Å². The van der Waals surface area contributed by atoms with E-state index in [2.05, 4.69) is 13.8 Å². The Labute approximate surface area is 116 Å². The number of hydrogen-bond acceptors (Lipinski definition) is 3. The normalized spacial score (nSPS) is 13.7. The summed E-state index contributed by atoms with van der Waals surface area (Å²) in [6.07, 6.45) is 0.969. The van der Waals surface area contributed by atoms with Crippen molar-refractivity contribution < 1.29 is 13.2 Å². The highest BCUT2D eigenvalue weighted by Gasteiger charge is 2.18. The summed E-state index contributed by atoms with van der Waals surface area (Å²) in [5, 5.41) is 5.14. The fraction of sp³-hybridized carbons (Fsp3) is 0.571. The molecule has 1 aromatic rings. The van der Waals surface area contributed by atoms with Crippen LogP contribution in [-0.2, 0) is 14.8 Å². The Morgan fingerprint density at radius 3 is 2.37 bits per heavy atom. The molecule has 0 fully saturated rings. The van der Waals surface area contributed by atoms with Gasteiger partial charge in [-0.3, -0.25) is 0 Å². The molecule has 1 unspecified atom stereocenters. The van der Waals surface area contributed by atoms with Gasteiger partial charge in [0.2, 0.25) is 10.0 Å². The second-order valence-electron chi connectivity index (χ2n) is 5.19. The fourth-order valence-corrected chi connectivity index (χ4v) is 2.64. The van der Waals surface area contributed by atoms with E-state index in [1.54, 1.807) is 0 Å². The zero-order chi connectivity index (χ0) is 14.3. The SMILES string of the molecule is CC(C)CCOCC(CS(N)(=O)=O)c1ccccc1. The average molecular weight is 285 g/mol. The number of hydrogen-bond donors (Lipinski definition) is 1. The largest absolute Gasteiger partial charge is 0.381 e. The van der Waals surface area contributed by atoms with E-state index in [9.17, 15) is 8.42 Å². The predicted molar refractivity (Wildman–Crippen MR) is 77.4 cm³/mol. The third kappa shape index (κ3) is 7.30. The second-order valence-corrected chi connectivity index (χ2v) is 6.85. The lowest BCUT2D eigenvalue weighted by Gasteiger charge is -2.17. The molecule has 0 heterocycles. The van der Waals surface area contributed by atoms with Gasteiger partial charge in [0.25, 0.3) is 0 Å². The molecule has 2 N–H and O–H groups in total. The molecule has 5 heteroatoms. The molecule has 1 atom stereocenters. The summed E-state index contributed by atoms with van der Waals surface area (Å²) in [4.78, 5) is 0. The van der Waals surface area contributed by atoms with Crippen LogP contribution in [0.1, 0.15) is 31.7 Å². The number of benzene rings is 1. The van der Waals surface area contributed by atoms with E-state index in [1.807, 2.05) is 30.3 Å². The summed E-state index contributed by atoms with van der Waals surface area (Å²) in [5.41, 5.74) is 0.945. The zero-order valence-corrected chi connectivity index (χ0v) is 12.4. The summed E-state index contributed by atoms with van der Waals surface area (Å²) >= 11 is 0. The first-order chi connectivity index (χ1) is 8.88. The number of rotatable bonds is 8. The minimum absolute atomic E-state index is 0.0846. The van der Waals surface area contributed by atoms with Gasteiger partial charge in [0.15, 0.2) is 0 Å². The van der Waals surface area contributed by atoms with Gasteiger partial charge in [0.05, 0.1) is 12.4 Å². The van der Waals surface area contributed by atoms with Gasteiger partial charge in [0.1, 0.15) is 0 Å². The number of ether oxygens (including phenoxy) is 1. The minimum atomic E-state index is -3.50. The van der Waals surface area contributed by atoms with Gasteiger partial charge in [0, 0.05) is 12.5 Å². The van der Waals surface area contributed by atoms with Crippen molar-refractivity contribution in [1.82, 2.24) is 0 Å². The van der Waals surface area contributed by atoms with Gasteiger partial charge >= 0.3 is 0 Å². The summed E-state index contributed by atoms with van der Waals surface area (Å²) < 4.78 is 28.1. The monoisotopic (exact) mass is 285 g/mol. The average Bonchev–Trinajstić information content (AvgIpc) is 2.32. The number of sulfonamides is 1. The van der Waals surface area contributed by atoms with E-state index in [0.29, 0.717) is 19.1 Å². The van der Waals surface area contributed by atoms with Crippen LogP contribution < -0.4 is 5.14 Å². The molecule has 1 aromatic carbocycles. The van der Waals surface area contributed by atoms with Gasteiger partial charge in [-0.05, 0) is 17.9 Å². The van der Waals surface area contributed by atoms with E-state index < -0.39 is 10.0 Å². The molecule has 4 nitrogen and oxygen atoms in total. The van der Waals surface area contributed by atoms with Crippen molar-refractivity contribution in [2.75, 3.05) is 19.0 Å². The molecule has 0 aliphatic carbocycles. The fourth-order valence-electron chi connectivity index (χ4n) is 1.79. The molecule has 0 bridgehead atoms. The highest BCUT2D eigenvalue weighted by atomic mass is 32.2. The molecule has 19 heavy (non-hydrogen) atoms. The predicted octanol–water partition coefficient (Wildman–Crippen LogP) is 2.12. The van der Waals surface area contributed by atoms with Crippen LogP contribution in [0.15, 0.2) is 30.3 Å². The highest BCUT2D eigenvalue weighted by Crippen LogP contribution is 2.17. The van der Waals surface area contributed by atoms with Gasteiger partial charge in [-0.15, -0.1) is 0 Å². The summed E-state index contributed by atoms with van der Waals surface area (Å²) in [6, 6.07) is 9.49. The maximum absolute atomic E-state index is 11.3. The lowest BCUT2D eigenvalue weighted by molar-refractivity contribution is 0.114. The second kappa shape index (κ2) is 7.62. The van der Waals surface area contributed by atoms with Gasteiger partial charge in [-0.25, -0.2) is 13.6 Å². The molecule has 0 aromatic heterocycles. The molecular formula is C14H23NO3S. The first-order valence-corrected chi connectivity index (χ1v) is 8.23. The van der Waals surface area contributed by atoms with Crippen molar-refractivity contribution in [2.24, 2.45) is 11.1 Å². The van der Waals surface area contributed by atoms with Crippen molar-refractivity contribution in [3.8, 4) is 0 Å². The van der Waals surface area contributed by atoms with E-state index in [-0.39, 0.29) is 11.7 Å². The van der Waals surface area contributed by atoms with Gasteiger partial charge in [-0.2, -0.15) is 0 Å². The summed E-state index contributed by atoms with van der Waals surface area (Å²) in [5.74, 6) is 0.287. The Morgan fingerprint density at radius 1 is 1.21 bits per heavy atom. The Balaban J connectivity index is 2.61. The van der Waals surface area contributed by atoms with Gasteiger partial charge in [-0.1, -0.05) is 44.2 Å². The van der Waals surface area contributed by atoms with E-state index in [0.717, 1.165) is 12.0 Å². The first kappa shape index (κ1) is 16.1. The lowest BCUT2D eigenvalue weighted by Crippen LogP contribution is -2.25. The lowest BCUT2D eigenvalue weighted by atomic mass is 10.0. The third-order valence-electron chi connectivity index (χ3n) is 2.86.